The predicted octanol–water partition coefficient (Wildman–Crippen LogP) is 3.07. The van der Waals surface area contributed by atoms with Crippen LogP contribution in [-0.4, -0.2) is 28.0 Å². The topological polar surface area (TPSA) is 29.0 Å². The van der Waals surface area contributed by atoms with Crippen molar-refractivity contribution in [3.8, 4) is 0 Å². The molecule has 2 fully saturated rings. The van der Waals surface area contributed by atoms with Crippen molar-refractivity contribution < 1.29 is 0 Å². The van der Waals surface area contributed by atoms with E-state index in [1.54, 1.807) is 0 Å². The van der Waals surface area contributed by atoms with Crippen LogP contribution >= 0.6 is 0 Å². The Morgan fingerprint density at radius 3 is 2.61 bits per heavy atom. The van der Waals surface area contributed by atoms with Crippen molar-refractivity contribution in [1.29, 1.82) is 0 Å². The summed E-state index contributed by atoms with van der Waals surface area (Å²) in [5.74, 6) is 1.76. The standard InChI is InChI=1S/C15H23N3/c1-3-13-10-14(11(2)18-8-4-5-9-18)17-15(16-13)12-6-7-12/h10-12H,3-9H2,1-2H3. The lowest BCUT2D eigenvalue weighted by Gasteiger charge is -2.23. The van der Waals surface area contributed by atoms with Crippen LogP contribution in [0.2, 0.25) is 0 Å². The summed E-state index contributed by atoms with van der Waals surface area (Å²) >= 11 is 0. The summed E-state index contributed by atoms with van der Waals surface area (Å²) in [6, 6.07) is 2.67. The summed E-state index contributed by atoms with van der Waals surface area (Å²) < 4.78 is 0. The molecule has 98 valence electrons. The molecule has 2 heterocycles. The van der Waals surface area contributed by atoms with Crippen LogP contribution in [0.1, 0.15) is 68.7 Å². The number of likely N-dealkylation sites (tertiary alicyclic amines) is 1. The molecule has 1 unspecified atom stereocenters. The maximum absolute atomic E-state index is 4.84. The van der Waals surface area contributed by atoms with Gasteiger partial charge >= 0.3 is 0 Å². The summed E-state index contributed by atoms with van der Waals surface area (Å²) in [5.41, 5.74) is 2.46. The Morgan fingerprint density at radius 1 is 1.28 bits per heavy atom. The average Bonchev–Trinajstić information content (AvgIpc) is 3.12. The van der Waals surface area contributed by atoms with Crippen LogP contribution in [0.4, 0.5) is 0 Å². The van der Waals surface area contributed by atoms with Gasteiger partial charge in [0.25, 0.3) is 0 Å². The molecule has 0 amide bonds. The van der Waals surface area contributed by atoms with Crippen LogP contribution < -0.4 is 0 Å². The number of hydrogen-bond acceptors (Lipinski definition) is 3. The van der Waals surface area contributed by atoms with Crippen molar-refractivity contribution in [1.82, 2.24) is 14.9 Å². The average molecular weight is 245 g/mol. The molecular weight excluding hydrogens is 222 g/mol. The van der Waals surface area contributed by atoms with Gasteiger partial charge < -0.3 is 0 Å². The Kier molecular flexibility index (Phi) is 3.33. The number of nitrogens with zero attached hydrogens (tertiary/aromatic N) is 3. The summed E-state index contributed by atoms with van der Waals surface area (Å²) in [6.07, 6.45) is 6.26. The van der Waals surface area contributed by atoms with Gasteiger partial charge in [-0.1, -0.05) is 6.92 Å². The highest BCUT2D eigenvalue weighted by Crippen LogP contribution is 2.38. The maximum atomic E-state index is 4.84. The maximum Gasteiger partial charge on any atom is 0.132 e. The smallest absolute Gasteiger partial charge is 0.132 e. The van der Waals surface area contributed by atoms with Crippen molar-refractivity contribution in [3.05, 3.63) is 23.3 Å². The van der Waals surface area contributed by atoms with Crippen LogP contribution in [0.5, 0.6) is 0 Å². The van der Waals surface area contributed by atoms with Gasteiger partial charge in [0.2, 0.25) is 0 Å². The van der Waals surface area contributed by atoms with Crippen molar-refractivity contribution >= 4 is 0 Å². The lowest BCUT2D eigenvalue weighted by molar-refractivity contribution is 0.258. The monoisotopic (exact) mass is 245 g/mol. The SMILES string of the molecule is CCc1cc(C(C)N2CCCC2)nc(C2CC2)n1. The van der Waals surface area contributed by atoms with E-state index in [1.807, 2.05) is 0 Å². The second-order valence-electron chi connectivity index (χ2n) is 5.69. The Hall–Kier alpha value is -0.960. The number of hydrogen-bond donors (Lipinski definition) is 0. The van der Waals surface area contributed by atoms with Crippen LogP contribution in [-0.2, 0) is 6.42 Å². The molecule has 1 aliphatic carbocycles. The summed E-state index contributed by atoms with van der Waals surface area (Å²) in [4.78, 5) is 12.1. The third-order valence-corrected chi connectivity index (χ3v) is 4.24. The molecule has 1 saturated carbocycles. The highest BCUT2D eigenvalue weighted by Gasteiger charge is 2.28. The fourth-order valence-electron chi connectivity index (χ4n) is 2.77. The van der Waals surface area contributed by atoms with E-state index in [0.717, 1.165) is 12.2 Å². The zero-order valence-electron chi connectivity index (χ0n) is 11.5. The first-order valence-electron chi connectivity index (χ1n) is 7.39. The molecule has 0 radical (unpaired) electrons. The highest BCUT2D eigenvalue weighted by atomic mass is 15.2. The van der Waals surface area contributed by atoms with Gasteiger partial charge in [-0.15, -0.1) is 0 Å². The Bertz CT molecular complexity index is 420. The third kappa shape index (κ3) is 2.41. The van der Waals surface area contributed by atoms with Crippen LogP contribution in [0.25, 0.3) is 0 Å². The molecule has 1 atom stereocenters. The molecule has 1 aromatic rings. The van der Waals surface area contributed by atoms with E-state index in [-0.39, 0.29) is 0 Å². The van der Waals surface area contributed by atoms with E-state index in [1.165, 1.54) is 50.2 Å². The van der Waals surface area contributed by atoms with E-state index >= 15 is 0 Å². The van der Waals surface area contributed by atoms with Gasteiger partial charge in [-0.05, 0) is 58.2 Å². The highest BCUT2D eigenvalue weighted by molar-refractivity contribution is 5.18. The summed E-state index contributed by atoms with van der Waals surface area (Å²) in [6.45, 7) is 6.93. The van der Waals surface area contributed by atoms with Crippen molar-refractivity contribution in [2.24, 2.45) is 0 Å². The van der Waals surface area contributed by atoms with E-state index < -0.39 is 0 Å². The van der Waals surface area contributed by atoms with Gasteiger partial charge in [0.1, 0.15) is 5.82 Å². The molecule has 0 aromatic carbocycles. The van der Waals surface area contributed by atoms with Crippen molar-refractivity contribution in [2.75, 3.05) is 13.1 Å². The predicted molar refractivity (Wildman–Crippen MR) is 72.6 cm³/mol. The van der Waals surface area contributed by atoms with E-state index in [2.05, 4.69) is 24.8 Å². The van der Waals surface area contributed by atoms with Crippen LogP contribution in [0, 0.1) is 0 Å². The summed E-state index contributed by atoms with van der Waals surface area (Å²) in [5, 5.41) is 0. The lowest BCUT2D eigenvalue weighted by atomic mass is 10.1. The molecule has 0 spiro atoms. The van der Waals surface area contributed by atoms with Crippen molar-refractivity contribution in [2.45, 2.75) is 57.9 Å². The molecule has 1 saturated heterocycles. The van der Waals surface area contributed by atoms with Gasteiger partial charge in [-0.3, -0.25) is 4.90 Å². The molecule has 18 heavy (non-hydrogen) atoms. The molecule has 2 aliphatic rings. The van der Waals surface area contributed by atoms with Gasteiger partial charge in [-0.25, -0.2) is 9.97 Å². The molecule has 1 aromatic heterocycles. The Balaban J connectivity index is 1.86. The number of aryl methyl sites for hydroxylation is 1. The first-order valence-corrected chi connectivity index (χ1v) is 7.39. The van der Waals surface area contributed by atoms with Gasteiger partial charge in [-0.2, -0.15) is 0 Å². The summed E-state index contributed by atoms with van der Waals surface area (Å²) in [7, 11) is 0. The van der Waals surface area contributed by atoms with Crippen LogP contribution in [0.3, 0.4) is 0 Å². The molecule has 3 rings (SSSR count). The largest absolute Gasteiger partial charge is 0.295 e. The molecule has 0 N–H and O–H groups in total. The lowest BCUT2D eigenvalue weighted by Crippen LogP contribution is -2.24. The third-order valence-electron chi connectivity index (χ3n) is 4.24. The molecule has 3 nitrogen and oxygen atoms in total. The zero-order chi connectivity index (χ0) is 12.5. The van der Waals surface area contributed by atoms with Gasteiger partial charge in [0, 0.05) is 17.7 Å². The van der Waals surface area contributed by atoms with Crippen LogP contribution in [0.15, 0.2) is 6.07 Å². The first kappa shape index (κ1) is 12.1. The minimum Gasteiger partial charge on any atom is -0.295 e. The first-order chi connectivity index (χ1) is 8.78. The molecular formula is C15H23N3. The quantitative estimate of drug-likeness (QED) is 0.816. The van der Waals surface area contributed by atoms with E-state index in [9.17, 15) is 0 Å². The van der Waals surface area contributed by atoms with E-state index in [4.69, 9.17) is 9.97 Å². The Morgan fingerprint density at radius 2 is 2.00 bits per heavy atom. The minimum absolute atomic E-state index is 0.457. The fourth-order valence-corrected chi connectivity index (χ4v) is 2.77. The Labute approximate surface area is 110 Å². The normalized spacial score (nSPS) is 22.3. The second kappa shape index (κ2) is 4.96. The molecule has 1 aliphatic heterocycles. The van der Waals surface area contributed by atoms with Gasteiger partial charge in [0.15, 0.2) is 0 Å². The second-order valence-corrected chi connectivity index (χ2v) is 5.69. The van der Waals surface area contributed by atoms with Crippen molar-refractivity contribution in [3.63, 3.8) is 0 Å². The molecule has 3 heteroatoms. The zero-order valence-corrected chi connectivity index (χ0v) is 11.5. The van der Waals surface area contributed by atoms with Gasteiger partial charge in [0.05, 0.1) is 5.69 Å². The minimum atomic E-state index is 0.457. The molecule has 0 bridgehead atoms. The fraction of sp³-hybridized carbons (Fsp3) is 0.733. The van der Waals surface area contributed by atoms with E-state index in [0.29, 0.717) is 12.0 Å². The number of rotatable bonds is 4. The number of aromatic nitrogens is 2.